The van der Waals surface area contributed by atoms with Gasteiger partial charge < -0.3 is 11.1 Å². The van der Waals surface area contributed by atoms with Crippen molar-refractivity contribution in [1.29, 1.82) is 0 Å². The molecule has 1 aromatic carbocycles. The number of halogens is 1. The normalized spacial score (nSPS) is 19.2. The second kappa shape index (κ2) is 8.55. The van der Waals surface area contributed by atoms with E-state index in [9.17, 15) is 17.6 Å². The van der Waals surface area contributed by atoms with E-state index < -0.39 is 15.8 Å². The first-order valence-corrected chi connectivity index (χ1v) is 9.62. The Bertz CT molecular complexity index is 649. The maximum absolute atomic E-state index is 13.0. The number of carbonyl (C=O) groups excluding carboxylic acids is 1. The smallest absolute Gasteiger partial charge is 0.243 e. The predicted octanol–water partition coefficient (Wildman–Crippen LogP) is 1.08. The van der Waals surface area contributed by atoms with Crippen LogP contribution in [0.15, 0.2) is 29.2 Å². The standard InChI is InChI=1S/C16H24FN3O3S/c17-14-5-7-15(8-6-14)24(22,23)20-11-3-4-13(12-20)16(21)19-10-2-1-9-18/h5-8,13H,1-4,9-12,18H2,(H,19,21). The summed E-state index contributed by atoms with van der Waals surface area (Å²) < 4.78 is 39.5. The average molecular weight is 357 g/mol. The highest BCUT2D eigenvalue weighted by Gasteiger charge is 2.33. The van der Waals surface area contributed by atoms with Gasteiger partial charge in [-0.05, 0) is 56.5 Å². The van der Waals surface area contributed by atoms with Crippen molar-refractivity contribution in [2.45, 2.75) is 30.6 Å². The molecule has 1 aromatic rings. The molecule has 0 aliphatic carbocycles. The summed E-state index contributed by atoms with van der Waals surface area (Å²) in [5.74, 6) is -0.958. The molecule has 1 saturated heterocycles. The number of nitrogens with one attached hydrogen (secondary N) is 1. The Balaban J connectivity index is 1.99. The van der Waals surface area contributed by atoms with Gasteiger partial charge in [0.2, 0.25) is 15.9 Å². The highest BCUT2D eigenvalue weighted by molar-refractivity contribution is 7.89. The summed E-state index contributed by atoms with van der Waals surface area (Å²) in [6.07, 6.45) is 2.95. The van der Waals surface area contributed by atoms with Crippen molar-refractivity contribution in [1.82, 2.24) is 9.62 Å². The maximum Gasteiger partial charge on any atom is 0.243 e. The Morgan fingerprint density at radius 1 is 1.29 bits per heavy atom. The molecule has 3 N–H and O–H groups in total. The number of benzene rings is 1. The Labute approximate surface area is 142 Å². The van der Waals surface area contributed by atoms with Crippen molar-refractivity contribution < 1.29 is 17.6 Å². The molecule has 0 bridgehead atoms. The monoisotopic (exact) mass is 357 g/mol. The Kier molecular flexibility index (Phi) is 6.70. The van der Waals surface area contributed by atoms with E-state index >= 15 is 0 Å². The summed E-state index contributed by atoms with van der Waals surface area (Å²) in [5.41, 5.74) is 5.41. The van der Waals surface area contributed by atoms with Crippen molar-refractivity contribution in [3.8, 4) is 0 Å². The minimum Gasteiger partial charge on any atom is -0.356 e. The van der Waals surface area contributed by atoms with Gasteiger partial charge in [0.15, 0.2) is 0 Å². The number of unbranched alkanes of at least 4 members (excludes halogenated alkanes) is 1. The van der Waals surface area contributed by atoms with E-state index in [-0.39, 0.29) is 23.3 Å². The number of hydrogen-bond donors (Lipinski definition) is 2. The van der Waals surface area contributed by atoms with Gasteiger partial charge in [0.25, 0.3) is 0 Å². The first kappa shape index (κ1) is 18.8. The van der Waals surface area contributed by atoms with Gasteiger partial charge >= 0.3 is 0 Å². The molecule has 8 heteroatoms. The average Bonchev–Trinajstić information content (AvgIpc) is 2.59. The third-order valence-corrected chi connectivity index (χ3v) is 6.02. The number of rotatable bonds is 7. The zero-order valence-corrected chi connectivity index (χ0v) is 14.4. The lowest BCUT2D eigenvalue weighted by molar-refractivity contribution is -0.126. The molecule has 0 spiro atoms. The van der Waals surface area contributed by atoms with Crippen LogP contribution in [0.1, 0.15) is 25.7 Å². The number of nitrogens with zero attached hydrogens (tertiary/aromatic N) is 1. The van der Waals surface area contributed by atoms with Crippen LogP contribution in [0.5, 0.6) is 0 Å². The van der Waals surface area contributed by atoms with Gasteiger partial charge in [0.05, 0.1) is 10.8 Å². The minimum atomic E-state index is -3.70. The highest BCUT2D eigenvalue weighted by Crippen LogP contribution is 2.24. The first-order valence-electron chi connectivity index (χ1n) is 8.18. The lowest BCUT2D eigenvalue weighted by Gasteiger charge is -2.31. The van der Waals surface area contributed by atoms with Crippen LogP contribution in [0.2, 0.25) is 0 Å². The third kappa shape index (κ3) is 4.75. The van der Waals surface area contributed by atoms with Crippen molar-refractivity contribution in [3.63, 3.8) is 0 Å². The molecule has 1 heterocycles. The van der Waals surface area contributed by atoms with E-state index in [4.69, 9.17) is 5.73 Å². The molecule has 1 fully saturated rings. The van der Waals surface area contributed by atoms with Crippen LogP contribution in [-0.2, 0) is 14.8 Å². The topological polar surface area (TPSA) is 92.5 Å². The number of piperidine rings is 1. The Morgan fingerprint density at radius 3 is 2.67 bits per heavy atom. The van der Waals surface area contributed by atoms with Crippen molar-refractivity contribution in [2.75, 3.05) is 26.2 Å². The quantitative estimate of drug-likeness (QED) is 0.714. The number of hydrogen-bond acceptors (Lipinski definition) is 4. The van der Waals surface area contributed by atoms with E-state index in [0.29, 0.717) is 32.5 Å². The molecule has 6 nitrogen and oxygen atoms in total. The lowest BCUT2D eigenvalue weighted by atomic mass is 9.99. The van der Waals surface area contributed by atoms with Gasteiger partial charge in [0.1, 0.15) is 5.82 Å². The van der Waals surface area contributed by atoms with Gasteiger partial charge in [-0.3, -0.25) is 4.79 Å². The second-order valence-corrected chi connectivity index (χ2v) is 7.88. The molecule has 24 heavy (non-hydrogen) atoms. The summed E-state index contributed by atoms with van der Waals surface area (Å²) in [7, 11) is -3.70. The van der Waals surface area contributed by atoms with Crippen molar-refractivity contribution >= 4 is 15.9 Å². The van der Waals surface area contributed by atoms with Gasteiger partial charge in [-0.25, -0.2) is 12.8 Å². The molecule has 134 valence electrons. The van der Waals surface area contributed by atoms with E-state index in [0.717, 1.165) is 25.0 Å². The molecule has 0 saturated carbocycles. The van der Waals surface area contributed by atoms with Crippen molar-refractivity contribution in [3.05, 3.63) is 30.1 Å². The fourth-order valence-corrected chi connectivity index (χ4v) is 4.28. The van der Waals surface area contributed by atoms with E-state index in [2.05, 4.69) is 5.32 Å². The molecule has 2 rings (SSSR count). The molecule has 1 unspecified atom stereocenters. The molecule has 0 aromatic heterocycles. The minimum absolute atomic E-state index is 0.0490. The van der Waals surface area contributed by atoms with Gasteiger partial charge in [-0.1, -0.05) is 0 Å². The SMILES string of the molecule is NCCCCNC(=O)C1CCCN(S(=O)(=O)c2ccc(F)cc2)C1. The van der Waals surface area contributed by atoms with Crippen LogP contribution in [-0.4, -0.2) is 44.8 Å². The van der Waals surface area contributed by atoms with Crippen LogP contribution in [0, 0.1) is 11.7 Å². The molecule has 1 atom stereocenters. The van der Waals surface area contributed by atoms with E-state index in [1.165, 1.54) is 16.4 Å². The van der Waals surface area contributed by atoms with E-state index in [1.807, 2.05) is 0 Å². The van der Waals surface area contributed by atoms with Crippen LogP contribution in [0.4, 0.5) is 4.39 Å². The van der Waals surface area contributed by atoms with Crippen LogP contribution in [0.3, 0.4) is 0 Å². The molecular weight excluding hydrogens is 333 g/mol. The molecule has 0 radical (unpaired) electrons. The summed E-state index contributed by atoms with van der Waals surface area (Å²) >= 11 is 0. The molecule has 1 aliphatic rings. The first-order chi connectivity index (χ1) is 11.4. The zero-order chi connectivity index (χ0) is 17.6. The number of carbonyl (C=O) groups is 1. The third-order valence-electron chi connectivity index (χ3n) is 4.14. The van der Waals surface area contributed by atoms with Gasteiger partial charge in [-0.2, -0.15) is 4.31 Å². The Hall–Kier alpha value is -1.51. The maximum atomic E-state index is 13.0. The number of nitrogens with two attached hydrogens (primary N) is 1. The summed E-state index contributed by atoms with van der Waals surface area (Å²) in [6.45, 7) is 1.67. The van der Waals surface area contributed by atoms with Crippen LogP contribution in [0.25, 0.3) is 0 Å². The molecular formula is C16H24FN3O3S. The molecule has 1 aliphatic heterocycles. The summed E-state index contributed by atoms with van der Waals surface area (Å²) in [6, 6.07) is 4.75. The number of sulfonamides is 1. The van der Waals surface area contributed by atoms with E-state index in [1.54, 1.807) is 0 Å². The zero-order valence-electron chi connectivity index (χ0n) is 13.6. The summed E-state index contributed by atoms with van der Waals surface area (Å²) in [5, 5.41) is 2.84. The van der Waals surface area contributed by atoms with Crippen LogP contribution >= 0.6 is 0 Å². The fraction of sp³-hybridized carbons (Fsp3) is 0.562. The highest BCUT2D eigenvalue weighted by atomic mass is 32.2. The van der Waals surface area contributed by atoms with Gasteiger partial charge in [0, 0.05) is 19.6 Å². The van der Waals surface area contributed by atoms with Crippen LogP contribution < -0.4 is 11.1 Å². The second-order valence-electron chi connectivity index (χ2n) is 5.94. The van der Waals surface area contributed by atoms with Crippen molar-refractivity contribution in [2.24, 2.45) is 11.7 Å². The molecule has 1 amide bonds. The lowest BCUT2D eigenvalue weighted by Crippen LogP contribution is -2.45. The predicted molar refractivity (Wildman–Crippen MR) is 89.2 cm³/mol. The largest absolute Gasteiger partial charge is 0.356 e. The fourth-order valence-electron chi connectivity index (χ4n) is 2.76. The summed E-state index contributed by atoms with van der Waals surface area (Å²) in [4.78, 5) is 12.3. The Morgan fingerprint density at radius 2 is 2.00 bits per heavy atom. The number of amides is 1. The van der Waals surface area contributed by atoms with Gasteiger partial charge in [-0.15, -0.1) is 0 Å².